The van der Waals surface area contributed by atoms with Crippen molar-refractivity contribution in [1.29, 1.82) is 0 Å². The molecule has 3 rings (SSSR count). The zero-order chi connectivity index (χ0) is 16.1. The maximum Gasteiger partial charge on any atom is 0.317 e. The summed E-state index contributed by atoms with van der Waals surface area (Å²) in [6.07, 6.45) is 3.96. The minimum absolute atomic E-state index is 0.0407. The molecule has 2 aliphatic heterocycles. The number of nitrogens with zero attached hydrogens (tertiary/aromatic N) is 3. The van der Waals surface area contributed by atoms with E-state index in [0.29, 0.717) is 0 Å². The van der Waals surface area contributed by atoms with Crippen LogP contribution in [0.25, 0.3) is 0 Å². The molecule has 126 valence electrons. The summed E-state index contributed by atoms with van der Waals surface area (Å²) < 4.78 is 5.87. The summed E-state index contributed by atoms with van der Waals surface area (Å²) in [5.41, 5.74) is 1.11. The lowest BCUT2D eigenvalue weighted by molar-refractivity contribution is -0.139. The quantitative estimate of drug-likeness (QED) is 0.896. The van der Waals surface area contributed by atoms with Crippen LogP contribution in [0, 0.1) is 5.41 Å². The Kier molecular flexibility index (Phi) is 5.25. The summed E-state index contributed by atoms with van der Waals surface area (Å²) >= 11 is 0. The molecule has 0 radical (unpaired) electrons. The maximum atomic E-state index is 11.0. The third-order valence-corrected chi connectivity index (χ3v) is 4.73. The molecular formula is C17H25N3O3. The first-order chi connectivity index (χ1) is 11.2. The van der Waals surface area contributed by atoms with Crippen LogP contribution >= 0.6 is 0 Å². The highest BCUT2D eigenvalue weighted by Crippen LogP contribution is 2.33. The molecule has 1 aromatic heterocycles. The van der Waals surface area contributed by atoms with Gasteiger partial charge in [-0.15, -0.1) is 0 Å². The number of hydrogen-bond acceptors (Lipinski definition) is 5. The van der Waals surface area contributed by atoms with Gasteiger partial charge in [-0.25, -0.2) is 0 Å². The van der Waals surface area contributed by atoms with E-state index in [1.165, 1.54) is 0 Å². The zero-order valence-electron chi connectivity index (χ0n) is 13.5. The third-order valence-electron chi connectivity index (χ3n) is 4.73. The number of pyridine rings is 1. The molecule has 2 aliphatic rings. The highest BCUT2D eigenvalue weighted by Gasteiger charge is 2.39. The monoisotopic (exact) mass is 319 g/mol. The Morgan fingerprint density at radius 1 is 1.30 bits per heavy atom. The van der Waals surface area contributed by atoms with E-state index < -0.39 is 5.97 Å². The van der Waals surface area contributed by atoms with E-state index in [1.807, 2.05) is 18.3 Å². The SMILES string of the molecule is O=C(O)CN1CCC[C@@]2(COCCN(Cc3ccccn3)C2)C1. The Balaban J connectivity index is 1.67. The molecule has 1 atom stereocenters. The molecule has 23 heavy (non-hydrogen) atoms. The van der Waals surface area contributed by atoms with Gasteiger partial charge in [-0.3, -0.25) is 19.6 Å². The van der Waals surface area contributed by atoms with Crippen LogP contribution in [0.1, 0.15) is 18.5 Å². The number of carboxylic acids is 1. The van der Waals surface area contributed by atoms with Crippen molar-refractivity contribution in [2.24, 2.45) is 5.41 Å². The Morgan fingerprint density at radius 3 is 2.96 bits per heavy atom. The van der Waals surface area contributed by atoms with E-state index in [9.17, 15) is 4.79 Å². The number of aliphatic carboxylic acids is 1. The van der Waals surface area contributed by atoms with Crippen LogP contribution in [-0.4, -0.2) is 71.8 Å². The molecule has 6 heteroatoms. The van der Waals surface area contributed by atoms with Gasteiger partial charge in [0.15, 0.2) is 0 Å². The first-order valence-electron chi connectivity index (χ1n) is 8.29. The molecule has 0 saturated carbocycles. The fourth-order valence-corrected chi connectivity index (χ4v) is 3.82. The summed E-state index contributed by atoms with van der Waals surface area (Å²) in [4.78, 5) is 19.9. The van der Waals surface area contributed by atoms with Crippen molar-refractivity contribution in [3.8, 4) is 0 Å². The van der Waals surface area contributed by atoms with Gasteiger partial charge in [0.05, 0.1) is 25.5 Å². The largest absolute Gasteiger partial charge is 0.480 e. The summed E-state index contributed by atoms with van der Waals surface area (Å²) in [5, 5.41) is 9.06. The standard InChI is InChI=1S/C17H25N3O3/c21-16(22)11-19-7-3-5-17(12-19)13-20(8-9-23-14-17)10-15-4-1-2-6-18-15/h1-2,4,6H,3,5,7-14H2,(H,21,22)/t17-/m1/s1. The molecule has 2 fully saturated rings. The molecule has 0 amide bonds. The predicted octanol–water partition coefficient (Wildman–Crippen LogP) is 1.08. The number of hydrogen-bond donors (Lipinski definition) is 1. The minimum atomic E-state index is -0.748. The van der Waals surface area contributed by atoms with E-state index in [1.54, 1.807) is 0 Å². The number of carboxylic acid groups (broad SMARTS) is 1. The smallest absolute Gasteiger partial charge is 0.317 e. The average molecular weight is 319 g/mol. The first-order valence-corrected chi connectivity index (χ1v) is 8.29. The van der Waals surface area contributed by atoms with Crippen LogP contribution in [0.15, 0.2) is 24.4 Å². The van der Waals surface area contributed by atoms with Gasteiger partial charge in [-0.1, -0.05) is 6.07 Å². The van der Waals surface area contributed by atoms with Crippen LogP contribution in [0.3, 0.4) is 0 Å². The maximum absolute atomic E-state index is 11.0. The second-order valence-electron chi connectivity index (χ2n) is 6.79. The van der Waals surface area contributed by atoms with Gasteiger partial charge in [-0.05, 0) is 31.5 Å². The Hall–Kier alpha value is -1.50. The van der Waals surface area contributed by atoms with E-state index >= 15 is 0 Å². The number of rotatable bonds is 4. The van der Waals surface area contributed by atoms with Gasteiger partial charge in [0.1, 0.15) is 0 Å². The Labute approximate surface area is 137 Å². The van der Waals surface area contributed by atoms with Crippen molar-refractivity contribution < 1.29 is 14.6 Å². The van der Waals surface area contributed by atoms with Gasteiger partial charge in [0.25, 0.3) is 0 Å². The molecule has 6 nitrogen and oxygen atoms in total. The van der Waals surface area contributed by atoms with Crippen molar-refractivity contribution in [2.75, 3.05) is 45.9 Å². The lowest BCUT2D eigenvalue weighted by Gasteiger charge is -2.43. The van der Waals surface area contributed by atoms with Gasteiger partial charge in [0.2, 0.25) is 0 Å². The van der Waals surface area contributed by atoms with Crippen LogP contribution in [0.2, 0.25) is 0 Å². The Morgan fingerprint density at radius 2 is 2.17 bits per heavy atom. The van der Waals surface area contributed by atoms with Crippen LogP contribution in [0.5, 0.6) is 0 Å². The van der Waals surface area contributed by atoms with E-state index in [2.05, 4.69) is 20.9 Å². The average Bonchev–Trinajstić information content (AvgIpc) is 2.70. The van der Waals surface area contributed by atoms with Crippen LogP contribution in [0.4, 0.5) is 0 Å². The van der Waals surface area contributed by atoms with Crippen molar-refractivity contribution in [3.63, 3.8) is 0 Å². The van der Waals surface area contributed by atoms with Gasteiger partial charge < -0.3 is 9.84 Å². The lowest BCUT2D eigenvalue weighted by Crippen LogP contribution is -2.51. The fourth-order valence-electron chi connectivity index (χ4n) is 3.82. The summed E-state index contributed by atoms with van der Waals surface area (Å²) in [6.45, 7) is 5.92. The molecule has 0 aromatic carbocycles. The highest BCUT2D eigenvalue weighted by molar-refractivity contribution is 5.69. The molecule has 1 aromatic rings. The third kappa shape index (κ3) is 4.50. The number of ether oxygens (including phenoxy) is 1. The summed E-state index contributed by atoms with van der Waals surface area (Å²) in [6, 6.07) is 6.00. The molecule has 1 N–H and O–H groups in total. The second-order valence-corrected chi connectivity index (χ2v) is 6.79. The molecule has 0 aliphatic carbocycles. The fraction of sp³-hybridized carbons (Fsp3) is 0.647. The van der Waals surface area contributed by atoms with Crippen LogP contribution < -0.4 is 0 Å². The summed E-state index contributed by atoms with van der Waals surface area (Å²) in [5.74, 6) is -0.748. The normalized spacial score (nSPS) is 27.0. The molecular weight excluding hydrogens is 294 g/mol. The van der Waals surface area contributed by atoms with Crippen molar-refractivity contribution in [2.45, 2.75) is 19.4 Å². The number of carbonyl (C=O) groups is 1. The lowest BCUT2D eigenvalue weighted by atomic mass is 9.80. The second kappa shape index (κ2) is 7.38. The van der Waals surface area contributed by atoms with E-state index in [4.69, 9.17) is 9.84 Å². The molecule has 3 heterocycles. The highest BCUT2D eigenvalue weighted by atomic mass is 16.5. The Bertz CT molecular complexity index is 525. The van der Waals surface area contributed by atoms with E-state index in [0.717, 1.165) is 64.5 Å². The van der Waals surface area contributed by atoms with Crippen LogP contribution in [-0.2, 0) is 16.1 Å². The van der Waals surface area contributed by atoms with Crippen molar-refractivity contribution >= 4 is 5.97 Å². The molecule has 1 spiro atoms. The van der Waals surface area contributed by atoms with Gasteiger partial charge in [-0.2, -0.15) is 0 Å². The molecule has 0 bridgehead atoms. The molecule has 2 saturated heterocycles. The van der Waals surface area contributed by atoms with Crippen molar-refractivity contribution in [1.82, 2.24) is 14.8 Å². The van der Waals surface area contributed by atoms with E-state index in [-0.39, 0.29) is 12.0 Å². The van der Waals surface area contributed by atoms with Gasteiger partial charge >= 0.3 is 5.97 Å². The number of piperidine rings is 1. The number of aromatic nitrogens is 1. The molecule has 0 unspecified atom stereocenters. The topological polar surface area (TPSA) is 65.9 Å². The zero-order valence-corrected chi connectivity index (χ0v) is 13.5. The number of likely N-dealkylation sites (tertiary alicyclic amines) is 1. The minimum Gasteiger partial charge on any atom is -0.480 e. The predicted molar refractivity (Wildman–Crippen MR) is 86.1 cm³/mol. The first kappa shape index (κ1) is 16.4. The van der Waals surface area contributed by atoms with Gasteiger partial charge in [0, 0.05) is 37.8 Å². The van der Waals surface area contributed by atoms with Crippen molar-refractivity contribution in [3.05, 3.63) is 30.1 Å². The summed E-state index contributed by atoms with van der Waals surface area (Å²) in [7, 11) is 0.